The largest absolute Gasteiger partial charge is 0.463 e. The van der Waals surface area contributed by atoms with Gasteiger partial charge in [-0.2, -0.15) is 0 Å². The molecule has 0 saturated heterocycles. The number of carbonyl (C=O) groups is 1. The van der Waals surface area contributed by atoms with E-state index in [-0.39, 0.29) is 5.97 Å². The van der Waals surface area contributed by atoms with E-state index in [1.807, 2.05) is 13.8 Å². The highest BCUT2D eigenvalue weighted by Gasteiger charge is 2.24. The van der Waals surface area contributed by atoms with Crippen LogP contribution in [0.1, 0.15) is 58.1 Å². The van der Waals surface area contributed by atoms with Crippen LogP contribution in [-0.4, -0.2) is 25.2 Å². The van der Waals surface area contributed by atoms with Crippen molar-refractivity contribution in [3.8, 4) is 0 Å². The highest BCUT2D eigenvalue weighted by Crippen LogP contribution is 2.37. The van der Waals surface area contributed by atoms with E-state index in [1.165, 1.54) is 17.7 Å². The number of fused-ring (bicyclic) bond motifs is 1. The molecule has 3 heteroatoms. The lowest BCUT2D eigenvalue weighted by atomic mass is 9.88. The topological polar surface area (TPSA) is 29.5 Å². The number of rotatable bonds is 4. The number of hydrogen-bond donors (Lipinski definition) is 0. The van der Waals surface area contributed by atoms with Crippen molar-refractivity contribution < 1.29 is 9.53 Å². The molecule has 22 heavy (non-hydrogen) atoms. The molecule has 0 amide bonds. The number of hydrogen-bond acceptors (Lipinski definition) is 3. The highest BCUT2D eigenvalue weighted by atomic mass is 16.5. The van der Waals surface area contributed by atoms with Gasteiger partial charge in [0.05, 0.1) is 6.61 Å². The van der Waals surface area contributed by atoms with Crippen LogP contribution in [0.4, 0.5) is 5.69 Å². The first kappa shape index (κ1) is 16.6. The Morgan fingerprint density at radius 2 is 2.18 bits per heavy atom. The zero-order valence-electron chi connectivity index (χ0n) is 14.3. The fraction of sp³-hybridized carbons (Fsp3) is 0.526. The third-order valence-corrected chi connectivity index (χ3v) is 4.37. The quantitative estimate of drug-likeness (QED) is 0.611. The highest BCUT2D eigenvalue weighted by molar-refractivity contribution is 5.91. The fourth-order valence-corrected chi connectivity index (χ4v) is 3.05. The third kappa shape index (κ3) is 3.52. The molecule has 0 spiro atoms. The number of benzene rings is 1. The molecule has 0 radical (unpaired) electrons. The number of carbonyl (C=O) groups excluding carboxylic acids is 1. The zero-order valence-corrected chi connectivity index (χ0v) is 14.3. The van der Waals surface area contributed by atoms with E-state index in [9.17, 15) is 4.79 Å². The van der Waals surface area contributed by atoms with E-state index < -0.39 is 0 Å². The van der Waals surface area contributed by atoms with E-state index in [0.717, 1.165) is 17.7 Å². The molecule has 0 aromatic heterocycles. The number of anilines is 1. The summed E-state index contributed by atoms with van der Waals surface area (Å²) in [5, 5.41) is 0. The molecule has 0 N–H and O–H groups in total. The maximum atomic E-state index is 11.6. The van der Waals surface area contributed by atoms with Gasteiger partial charge in [-0.3, -0.25) is 0 Å². The lowest BCUT2D eigenvalue weighted by Gasteiger charge is -2.37. The van der Waals surface area contributed by atoms with Crippen molar-refractivity contribution in [2.45, 2.75) is 53.0 Å². The molecule has 120 valence electrons. The van der Waals surface area contributed by atoms with Crippen LogP contribution in [0.25, 0.3) is 5.57 Å². The summed E-state index contributed by atoms with van der Waals surface area (Å²) in [6.07, 6.45) is 2.76. The summed E-state index contributed by atoms with van der Waals surface area (Å²) in [5.74, 6) is 0.287. The minimum absolute atomic E-state index is 0.269. The fourth-order valence-electron chi connectivity index (χ4n) is 3.05. The van der Waals surface area contributed by atoms with Crippen LogP contribution >= 0.6 is 0 Å². The molecule has 2 rings (SSSR count). The molecular formula is C19H27NO2. The first-order valence-corrected chi connectivity index (χ1v) is 8.20. The van der Waals surface area contributed by atoms with Crippen molar-refractivity contribution in [2.24, 2.45) is 0 Å². The molecule has 0 fully saturated rings. The second kappa shape index (κ2) is 6.99. The maximum Gasteiger partial charge on any atom is 0.331 e. The van der Waals surface area contributed by atoms with Gasteiger partial charge < -0.3 is 9.64 Å². The molecule has 1 heterocycles. The van der Waals surface area contributed by atoms with Crippen LogP contribution in [0.2, 0.25) is 0 Å². The van der Waals surface area contributed by atoms with Crippen LogP contribution in [0.3, 0.4) is 0 Å². The lowest BCUT2D eigenvalue weighted by molar-refractivity contribution is -0.137. The summed E-state index contributed by atoms with van der Waals surface area (Å²) in [7, 11) is 0. The molecule has 1 atom stereocenters. The van der Waals surface area contributed by atoms with Crippen LogP contribution in [0.15, 0.2) is 24.3 Å². The molecule has 1 aromatic carbocycles. The number of allylic oxidation sites excluding steroid dienone is 1. The summed E-state index contributed by atoms with van der Waals surface area (Å²) in [6, 6.07) is 7.05. The van der Waals surface area contributed by atoms with Gasteiger partial charge in [-0.05, 0) is 68.9 Å². The van der Waals surface area contributed by atoms with Crippen molar-refractivity contribution in [1.82, 2.24) is 0 Å². The van der Waals surface area contributed by atoms with Crippen LogP contribution in [0.5, 0.6) is 0 Å². The van der Waals surface area contributed by atoms with E-state index in [4.69, 9.17) is 4.74 Å². The van der Waals surface area contributed by atoms with Gasteiger partial charge in [0.15, 0.2) is 0 Å². The molecule has 1 aliphatic heterocycles. The van der Waals surface area contributed by atoms with Gasteiger partial charge in [0.25, 0.3) is 0 Å². The SMILES string of the molecule is CCOC(=O)/C=C(\C)c1ccc2c(c1)C(C)CCN2C(C)C. The molecule has 0 bridgehead atoms. The van der Waals surface area contributed by atoms with Gasteiger partial charge in [0, 0.05) is 24.4 Å². The molecule has 3 nitrogen and oxygen atoms in total. The van der Waals surface area contributed by atoms with E-state index in [2.05, 4.69) is 43.9 Å². The average Bonchev–Trinajstić information content (AvgIpc) is 2.47. The third-order valence-electron chi connectivity index (χ3n) is 4.37. The Kier molecular flexibility index (Phi) is 5.28. The van der Waals surface area contributed by atoms with Crippen molar-refractivity contribution in [3.05, 3.63) is 35.4 Å². The van der Waals surface area contributed by atoms with E-state index in [1.54, 1.807) is 6.08 Å². The maximum absolute atomic E-state index is 11.6. The van der Waals surface area contributed by atoms with Crippen molar-refractivity contribution >= 4 is 17.2 Å². The number of nitrogens with zero attached hydrogens (tertiary/aromatic N) is 1. The van der Waals surface area contributed by atoms with E-state index >= 15 is 0 Å². The Morgan fingerprint density at radius 3 is 2.82 bits per heavy atom. The Morgan fingerprint density at radius 1 is 1.45 bits per heavy atom. The molecule has 1 unspecified atom stereocenters. The molecular weight excluding hydrogens is 274 g/mol. The molecule has 1 aromatic rings. The van der Waals surface area contributed by atoms with Gasteiger partial charge in [-0.15, -0.1) is 0 Å². The summed E-state index contributed by atoms with van der Waals surface area (Å²) in [6.45, 7) is 12.1. The van der Waals surface area contributed by atoms with Crippen LogP contribution in [0, 0.1) is 0 Å². The Hall–Kier alpha value is -1.77. The predicted octanol–water partition coefficient (Wildman–Crippen LogP) is 4.38. The van der Waals surface area contributed by atoms with Gasteiger partial charge in [0.2, 0.25) is 0 Å². The number of ether oxygens (including phenoxy) is 1. The lowest BCUT2D eigenvalue weighted by Crippen LogP contribution is -2.36. The Balaban J connectivity index is 2.34. The summed E-state index contributed by atoms with van der Waals surface area (Å²) in [4.78, 5) is 14.1. The van der Waals surface area contributed by atoms with Crippen LogP contribution in [-0.2, 0) is 9.53 Å². The number of esters is 1. The standard InChI is InChI=1S/C19H27NO2/c1-6-22-19(21)11-15(5)16-7-8-18-17(12-16)14(4)9-10-20(18)13(2)3/h7-8,11-14H,6,9-10H2,1-5H3/b15-11+. The molecule has 0 aliphatic carbocycles. The van der Waals surface area contributed by atoms with Crippen molar-refractivity contribution in [2.75, 3.05) is 18.1 Å². The Bertz CT molecular complexity index is 575. The first-order chi connectivity index (χ1) is 10.4. The van der Waals surface area contributed by atoms with Gasteiger partial charge in [-0.1, -0.05) is 13.0 Å². The summed E-state index contributed by atoms with van der Waals surface area (Å²) < 4.78 is 4.99. The summed E-state index contributed by atoms with van der Waals surface area (Å²) in [5.41, 5.74) is 4.77. The molecule has 0 saturated carbocycles. The smallest absolute Gasteiger partial charge is 0.331 e. The second-order valence-corrected chi connectivity index (χ2v) is 6.33. The zero-order chi connectivity index (χ0) is 16.3. The normalized spacial score (nSPS) is 18.4. The monoisotopic (exact) mass is 301 g/mol. The summed E-state index contributed by atoms with van der Waals surface area (Å²) >= 11 is 0. The minimum atomic E-state index is -0.269. The van der Waals surface area contributed by atoms with Gasteiger partial charge in [-0.25, -0.2) is 4.79 Å². The van der Waals surface area contributed by atoms with E-state index in [0.29, 0.717) is 18.6 Å². The Labute approximate surface area is 134 Å². The minimum Gasteiger partial charge on any atom is -0.463 e. The van der Waals surface area contributed by atoms with Crippen molar-refractivity contribution in [3.63, 3.8) is 0 Å². The van der Waals surface area contributed by atoms with Crippen LogP contribution < -0.4 is 4.90 Å². The molecule has 1 aliphatic rings. The van der Waals surface area contributed by atoms with Gasteiger partial charge >= 0.3 is 5.97 Å². The van der Waals surface area contributed by atoms with Gasteiger partial charge in [0.1, 0.15) is 0 Å². The van der Waals surface area contributed by atoms with Crippen molar-refractivity contribution in [1.29, 1.82) is 0 Å². The first-order valence-electron chi connectivity index (χ1n) is 8.20. The second-order valence-electron chi connectivity index (χ2n) is 6.33. The predicted molar refractivity (Wildman–Crippen MR) is 92.2 cm³/mol. The average molecular weight is 301 g/mol.